The van der Waals surface area contributed by atoms with Crippen LogP contribution in [0.2, 0.25) is 0 Å². The second-order valence-corrected chi connectivity index (χ2v) is 9.35. The summed E-state index contributed by atoms with van der Waals surface area (Å²) in [5, 5.41) is 9.12. The van der Waals surface area contributed by atoms with E-state index in [2.05, 4.69) is 20.9 Å². The van der Waals surface area contributed by atoms with Crippen LogP contribution in [-0.4, -0.2) is 68.9 Å². The van der Waals surface area contributed by atoms with E-state index in [1.165, 1.54) is 6.42 Å². The number of alkyl halides is 3. The Kier molecular flexibility index (Phi) is 11.1. The number of sulfonamides is 1. The Balaban J connectivity index is 0.00000450. The number of nitrogens with one attached hydrogen (secondary N) is 3. The number of amides is 1. The van der Waals surface area contributed by atoms with Crippen LogP contribution >= 0.6 is 24.0 Å². The predicted molar refractivity (Wildman–Crippen MR) is 119 cm³/mol. The molecule has 1 saturated carbocycles. The highest BCUT2D eigenvalue weighted by atomic mass is 127. The number of halogens is 4. The molecule has 0 aromatic rings. The Bertz CT molecular complexity index is 677. The van der Waals surface area contributed by atoms with Gasteiger partial charge in [0.1, 0.15) is 0 Å². The summed E-state index contributed by atoms with van der Waals surface area (Å²) in [6.07, 6.45) is 6.30. The summed E-state index contributed by atoms with van der Waals surface area (Å²) in [6, 6.07) is 0.0591. The minimum absolute atomic E-state index is 0. The lowest BCUT2D eigenvalue weighted by atomic mass is 9.95. The lowest BCUT2D eigenvalue weighted by Crippen LogP contribution is -2.52. The molecule has 0 radical (unpaired) electrons. The summed E-state index contributed by atoms with van der Waals surface area (Å²) in [6.45, 7) is -0.0415. The number of guanidine groups is 1. The average Bonchev–Trinajstić information content (AvgIpc) is 2.67. The molecular formula is C17H31F3IN5O3S. The van der Waals surface area contributed by atoms with Gasteiger partial charge in [0.15, 0.2) is 5.96 Å². The second-order valence-electron chi connectivity index (χ2n) is 7.42. The van der Waals surface area contributed by atoms with Crippen molar-refractivity contribution in [1.29, 1.82) is 0 Å². The fraction of sp³-hybridized carbons (Fsp3) is 0.882. The number of rotatable bonds is 6. The van der Waals surface area contributed by atoms with E-state index in [1.54, 1.807) is 7.05 Å². The minimum atomic E-state index is -5.28. The van der Waals surface area contributed by atoms with E-state index in [4.69, 9.17) is 0 Å². The third-order valence-corrected chi connectivity index (χ3v) is 6.90. The molecule has 3 N–H and O–H groups in total. The largest absolute Gasteiger partial charge is 0.511 e. The van der Waals surface area contributed by atoms with Crippen LogP contribution in [0.3, 0.4) is 0 Å². The Morgan fingerprint density at radius 2 is 1.60 bits per heavy atom. The zero-order chi connectivity index (χ0) is 21.5. The van der Waals surface area contributed by atoms with E-state index >= 15 is 0 Å². The Morgan fingerprint density at radius 1 is 1.03 bits per heavy atom. The van der Waals surface area contributed by atoms with Crippen LogP contribution in [0.4, 0.5) is 13.2 Å². The molecule has 2 fully saturated rings. The number of hydrogen-bond acceptors (Lipinski definition) is 4. The first-order chi connectivity index (χ1) is 13.6. The third kappa shape index (κ3) is 8.02. The fourth-order valence-electron chi connectivity index (χ4n) is 3.62. The molecule has 0 aromatic carbocycles. The number of piperidine rings is 1. The number of carbonyl (C=O) groups excluding carboxylic acids is 1. The van der Waals surface area contributed by atoms with Crippen molar-refractivity contribution in [2.75, 3.05) is 26.7 Å². The molecule has 0 unspecified atom stereocenters. The zero-order valence-electron chi connectivity index (χ0n) is 17.0. The molecule has 0 bridgehead atoms. The van der Waals surface area contributed by atoms with Gasteiger partial charge in [-0.2, -0.15) is 17.5 Å². The first kappa shape index (κ1) is 27.2. The van der Waals surface area contributed by atoms with E-state index < -0.39 is 15.5 Å². The summed E-state index contributed by atoms with van der Waals surface area (Å²) in [4.78, 5) is 16.1. The Labute approximate surface area is 192 Å². The van der Waals surface area contributed by atoms with E-state index in [0.717, 1.165) is 25.7 Å². The average molecular weight is 569 g/mol. The van der Waals surface area contributed by atoms with Crippen molar-refractivity contribution in [2.24, 2.45) is 4.99 Å². The fourth-order valence-corrected chi connectivity index (χ4v) is 4.60. The molecular weight excluding hydrogens is 538 g/mol. The van der Waals surface area contributed by atoms with Crippen LogP contribution in [0.25, 0.3) is 0 Å². The monoisotopic (exact) mass is 569 g/mol. The maximum atomic E-state index is 12.6. The Morgan fingerprint density at radius 3 is 2.13 bits per heavy atom. The molecule has 1 aliphatic carbocycles. The molecule has 8 nitrogen and oxygen atoms in total. The van der Waals surface area contributed by atoms with Crippen LogP contribution in [0.15, 0.2) is 4.99 Å². The highest BCUT2D eigenvalue weighted by Gasteiger charge is 2.50. The van der Waals surface area contributed by atoms with Crippen molar-refractivity contribution >= 4 is 45.9 Å². The lowest BCUT2D eigenvalue weighted by Gasteiger charge is -2.32. The van der Waals surface area contributed by atoms with Gasteiger partial charge in [-0.15, -0.1) is 24.0 Å². The first-order valence-electron chi connectivity index (χ1n) is 9.96. The second kappa shape index (κ2) is 12.3. The summed E-state index contributed by atoms with van der Waals surface area (Å²) in [5.74, 6) is 0.415. The van der Waals surface area contributed by atoms with Crippen molar-refractivity contribution in [3.63, 3.8) is 0 Å². The molecule has 30 heavy (non-hydrogen) atoms. The van der Waals surface area contributed by atoms with Crippen molar-refractivity contribution in [2.45, 2.75) is 69.0 Å². The van der Waals surface area contributed by atoms with E-state index in [0.29, 0.717) is 23.2 Å². The van der Waals surface area contributed by atoms with E-state index in [-0.39, 0.29) is 67.9 Å². The molecule has 2 aliphatic rings. The van der Waals surface area contributed by atoms with Crippen LogP contribution in [0.1, 0.15) is 51.4 Å². The highest BCUT2D eigenvalue weighted by molar-refractivity contribution is 14.0. The van der Waals surface area contributed by atoms with Crippen molar-refractivity contribution in [1.82, 2.24) is 20.3 Å². The van der Waals surface area contributed by atoms with Gasteiger partial charge >= 0.3 is 15.5 Å². The van der Waals surface area contributed by atoms with E-state index in [9.17, 15) is 26.4 Å². The van der Waals surface area contributed by atoms with Crippen molar-refractivity contribution in [3.8, 4) is 0 Å². The van der Waals surface area contributed by atoms with Gasteiger partial charge in [-0.3, -0.25) is 9.79 Å². The molecule has 0 atom stereocenters. The van der Waals surface area contributed by atoms with Gasteiger partial charge in [0.25, 0.3) is 0 Å². The van der Waals surface area contributed by atoms with Crippen LogP contribution in [0, 0.1) is 0 Å². The third-order valence-electron chi connectivity index (χ3n) is 5.27. The SMILES string of the molecule is CN=C(NCCC(=O)NC1CCCCC1)NC1CCN(S(=O)(=O)C(F)(F)F)CC1.I. The quantitative estimate of drug-likeness (QED) is 0.258. The molecule has 176 valence electrons. The van der Waals surface area contributed by atoms with Crippen molar-refractivity contribution in [3.05, 3.63) is 0 Å². The van der Waals surface area contributed by atoms with E-state index in [1.807, 2.05) is 0 Å². The normalized spacial score (nSPS) is 20.3. The Hall–Kier alpha value is -0.830. The number of nitrogens with zero attached hydrogens (tertiary/aromatic N) is 2. The maximum absolute atomic E-state index is 12.6. The molecule has 0 aromatic heterocycles. The molecule has 0 spiro atoms. The highest BCUT2D eigenvalue weighted by Crippen LogP contribution is 2.28. The van der Waals surface area contributed by atoms with Crippen LogP contribution in [-0.2, 0) is 14.8 Å². The number of hydrogen-bond donors (Lipinski definition) is 3. The van der Waals surface area contributed by atoms with Gasteiger partial charge in [0.2, 0.25) is 5.91 Å². The predicted octanol–water partition coefficient (Wildman–Crippen LogP) is 1.92. The molecule has 1 amide bonds. The lowest BCUT2D eigenvalue weighted by molar-refractivity contribution is -0.121. The van der Waals surface area contributed by atoms with Gasteiger partial charge in [0.05, 0.1) is 0 Å². The molecule has 1 aliphatic heterocycles. The van der Waals surface area contributed by atoms with Gasteiger partial charge in [-0.25, -0.2) is 8.42 Å². The summed E-state index contributed by atoms with van der Waals surface area (Å²) < 4.78 is 61.2. The van der Waals surface area contributed by atoms with Crippen LogP contribution in [0.5, 0.6) is 0 Å². The van der Waals surface area contributed by atoms with Gasteiger partial charge < -0.3 is 16.0 Å². The standard InChI is InChI=1S/C17H30F3N5O3S.HI/c1-21-16(22-10-7-15(26)23-13-5-3-2-4-6-13)24-14-8-11-25(12-9-14)29(27,28)17(18,19)20;/h13-14H,2-12H2,1H3,(H,23,26)(H2,21,22,24);1H. The van der Waals surface area contributed by atoms with Crippen molar-refractivity contribution < 1.29 is 26.4 Å². The molecule has 1 heterocycles. The summed E-state index contributed by atoms with van der Waals surface area (Å²) in [5.41, 5.74) is -5.27. The maximum Gasteiger partial charge on any atom is 0.511 e. The number of carbonyl (C=O) groups is 1. The minimum Gasteiger partial charge on any atom is -0.356 e. The van der Waals surface area contributed by atoms with Gasteiger partial charge in [-0.1, -0.05) is 19.3 Å². The topological polar surface area (TPSA) is 103 Å². The van der Waals surface area contributed by atoms with Gasteiger partial charge in [0, 0.05) is 45.2 Å². The molecule has 2 rings (SSSR count). The van der Waals surface area contributed by atoms with Crippen LogP contribution < -0.4 is 16.0 Å². The summed E-state index contributed by atoms with van der Waals surface area (Å²) >= 11 is 0. The molecule has 1 saturated heterocycles. The summed E-state index contributed by atoms with van der Waals surface area (Å²) in [7, 11) is -3.72. The van der Waals surface area contributed by atoms with Gasteiger partial charge in [-0.05, 0) is 25.7 Å². The zero-order valence-corrected chi connectivity index (χ0v) is 20.1. The molecule has 13 heteroatoms. The first-order valence-corrected chi connectivity index (χ1v) is 11.4. The number of aliphatic imine (C=N–C) groups is 1. The smallest absolute Gasteiger partial charge is 0.356 e.